The number of hydrogen-bond donors (Lipinski definition) is 0. The third-order valence-electron chi connectivity index (χ3n) is 21.0. The van der Waals surface area contributed by atoms with Gasteiger partial charge in [0.25, 0.3) is 0 Å². The zero-order valence-corrected chi connectivity index (χ0v) is 40.4. The molecule has 16 atom stereocenters. The quantitative estimate of drug-likeness (QED) is 0.129. The van der Waals surface area contributed by atoms with Gasteiger partial charge in [-0.3, -0.25) is 0 Å². The number of rotatable bonds is 14. The summed E-state index contributed by atoms with van der Waals surface area (Å²) in [5.74, 6) is 10.3. The van der Waals surface area contributed by atoms with Crippen LogP contribution >= 0.6 is 8.25 Å². The van der Waals surface area contributed by atoms with Crippen molar-refractivity contribution in [3.05, 3.63) is 23.3 Å². The summed E-state index contributed by atoms with van der Waals surface area (Å²) < 4.78 is 26.5. The van der Waals surface area contributed by atoms with Crippen molar-refractivity contribution < 1.29 is 13.6 Å². The van der Waals surface area contributed by atoms with Crippen molar-refractivity contribution in [2.75, 3.05) is 0 Å². The van der Waals surface area contributed by atoms with Crippen molar-refractivity contribution in [1.82, 2.24) is 0 Å². The summed E-state index contributed by atoms with van der Waals surface area (Å²) in [5, 5.41) is 0. The van der Waals surface area contributed by atoms with Crippen molar-refractivity contribution in [2.45, 2.75) is 223 Å². The standard InChI is InChI=1S/C54H90O3P/c1-35(2)13-11-15-37(5)45-21-23-47-43-19-17-39-33-41(25-29-51(39,7)49(43)27-31-53(45,47)9)56-58(55)57-42-26-30-52(8)40(34-42)18-20-44-48-24-22-46(38(6)16-12-14-36(3)4)54(48,10)32-28-50(44)52/h17-18,35-38,41-50H,11-16,19-34H2,1-10H3/q+1/t37-,38-,41+,42+,43+,44+,45-,46-,47+,48+,49+,50+,51+,52+,53-,54-/m1/s1. The summed E-state index contributed by atoms with van der Waals surface area (Å²) in [4.78, 5) is 0. The van der Waals surface area contributed by atoms with Crippen LogP contribution in [0.5, 0.6) is 0 Å². The van der Waals surface area contributed by atoms with Crippen LogP contribution in [-0.2, 0) is 13.6 Å². The first-order valence-electron chi connectivity index (χ1n) is 25.8. The molecule has 0 heterocycles. The van der Waals surface area contributed by atoms with Gasteiger partial charge in [-0.25, -0.2) is 0 Å². The van der Waals surface area contributed by atoms with Crippen LogP contribution in [0.1, 0.15) is 210 Å². The molecule has 0 radical (unpaired) electrons. The lowest BCUT2D eigenvalue weighted by atomic mass is 9.47. The molecule has 0 aromatic rings. The average molecular weight is 818 g/mol. The number of fused-ring (bicyclic) bond motifs is 10. The Balaban J connectivity index is 0.837. The Hall–Kier alpha value is -0.500. The zero-order chi connectivity index (χ0) is 41.2. The number of hydrogen-bond acceptors (Lipinski definition) is 3. The van der Waals surface area contributed by atoms with Gasteiger partial charge >= 0.3 is 8.25 Å². The van der Waals surface area contributed by atoms with Crippen molar-refractivity contribution in [1.29, 1.82) is 0 Å². The van der Waals surface area contributed by atoms with Gasteiger partial charge in [0.15, 0.2) is 0 Å². The summed E-state index contributed by atoms with van der Waals surface area (Å²) in [6, 6.07) is 0. The van der Waals surface area contributed by atoms with E-state index in [4.69, 9.17) is 9.05 Å². The largest absolute Gasteiger partial charge is 0.697 e. The van der Waals surface area contributed by atoms with Gasteiger partial charge in [0.05, 0.1) is 0 Å². The minimum Gasteiger partial charge on any atom is -0.115 e. The highest BCUT2D eigenvalue weighted by Crippen LogP contribution is 2.69. The van der Waals surface area contributed by atoms with Crippen molar-refractivity contribution >= 4 is 8.25 Å². The molecule has 328 valence electrons. The molecule has 3 nitrogen and oxygen atoms in total. The Morgan fingerprint density at radius 1 is 0.552 bits per heavy atom. The Morgan fingerprint density at radius 2 is 0.966 bits per heavy atom. The molecule has 0 saturated heterocycles. The highest BCUT2D eigenvalue weighted by molar-refractivity contribution is 7.33. The fourth-order valence-electron chi connectivity index (χ4n) is 17.8. The average Bonchev–Trinajstić information content (AvgIpc) is 3.71. The van der Waals surface area contributed by atoms with E-state index in [-0.39, 0.29) is 12.2 Å². The highest BCUT2D eigenvalue weighted by Gasteiger charge is 2.61. The molecular formula is C54H90O3P+. The van der Waals surface area contributed by atoms with Crippen LogP contribution in [0.2, 0.25) is 0 Å². The molecule has 0 aromatic heterocycles. The molecule has 4 heteroatoms. The van der Waals surface area contributed by atoms with Gasteiger partial charge in [0.1, 0.15) is 12.2 Å². The molecule has 0 bridgehead atoms. The summed E-state index contributed by atoms with van der Waals surface area (Å²) in [5.41, 5.74) is 4.90. The van der Waals surface area contributed by atoms with Crippen molar-refractivity contribution in [3.63, 3.8) is 0 Å². The molecule has 8 aliphatic carbocycles. The fourth-order valence-corrected chi connectivity index (χ4v) is 18.6. The van der Waals surface area contributed by atoms with Gasteiger partial charge in [0, 0.05) is 17.4 Å². The predicted octanol–water partition coefficient (Wildman–Crippen LogP) is 16.5. The summed E-state index contributed by atoms with van der Waals surface area (Å²) >= 11 is 0. The van der Waals surface area contributed by atoms with Crippen LogP contribution in [0.4, 0.5) is 0 Å². The molecule has 0 amide bonds. The van der Waals surface area contributed by atoms with E-state index in [0.717, 1.165) is 96.7 Å². The van der Waals surface area contributed by atoms with E-state index in [1.54, 1.807) is 11.1 Å². The maximum Gasteiger partial charge on any atom is 0.697 e. The van der Waals surface area contributed by atoms with Crippen LogP contribution in [-0.4, -0.2) is 12.2 Å². The molecule has 8 aliphatic rings. The van der Waals surface area contributed by atoms with Crippen LogP contribution in [0.15, 0.2) is 23.3 Å². The SMILES string of the molecule is CC(C)CCC[C@@H](C)[C@H]1CC[C@H]2[C@@H]3CC=C4C[C@@H](O[P+](=O)O[C@H]5CC[C@@]6(C)C(=CC[C@H]7[C@@H]8CC[C@H]([C@H](C)CCCC(C)C)[C@@]8(C)CC[C@@H]76)C5)CC[C@]4(C)[C@H]3CC[C@]12C. The first-order valence-corrected chi connectivity index (χ1v) is 26.9. The van der Waals surface area contributed by atoms with Crippen LogP contribution in [0, 0.1) is 92.7 Å². The third kappa shape index (κ3) is 8.01. The highest BCUT2D eigenvalue weighted by atomic mass is 31.1. The third-order valence-corrected chi connectivity index (χ3v) is 21.9. The van der Waals surface area contributed by atoms with E-state index >= 15 is 0 Å². The van der Waals surface area contributed by atoms with E-state index in [0.29, 0.717) is 21.7 Å². The van der Waals surface area contributed by atoms with E-state index in [1.807, 2.05) is 0 Å². The second-order valence-corrected chi connectivity index (χ2v) is 25.6. The summed E-state index contributed by atoms with van der Waals surface area (Å²) in [6.07, 6.45) is 34.1. The molecule has 0 aromatic carbocycles. The predicted molar refractivity (Wildman–Crippen MR) is 243 cm³/mol. The lowest BCUT2D eigenvalue weighted by molar-refractivity contribution is -0.0587. The normalized spacial score (nSPS) is 45.9. The molecule has 0 N–H and O–H groups in total. The molecule has 6 fully saturated rings. The monoisotopic (exact) mass is 818 g/mol. The molecule has 8 rings (SSSR count). The van der Waals surface area contributed by atoms with Gasteiger partial charge in [-0.2, -0.15) is 0 Å². The maximum atomic E-state index is 13.7. The number of allylic oxidation sites excluding steroid dienone is 2. The Labute approximate surface area is 359 Å². The van der Waals surface area contributed by atoms with E-state index in [9.17, 15) is 4.57 Å². The fraction of sp³-hybridized carbons (Fsp3) is 0.926. The molecule has 0 unspecified atom stereocenters. The lowest BCUT2D eigenvalue weighted by Gasteiger charge is -2.58. The maximum absolute atomic E-state index is 13.7. The molecular weight excluding hydrogens is 728 g/mol. The zero-order valence-electron chi connectivity index (χ0n) is 39.5. The van der Waals surface area contributed by atoms with E-state index < -0.39 is 8.25 Å². The first kappa shape index (κ1) is 44.1. The van der Waals surface area contributed by atoms with Crippen molar-refractivity contribution in [3.8, 4) is 0 Å². The lowest BCUT2D eigenvalue weighted by Crippen LogP contribution is -2.51. The van der Waals surface area contributed by atoms with Crippen molar-refractivity contribution in [2.24, 2.45) is 92.7 Å². The van der Waals surface area contributed by atoms with Gasteiger partial charge in [0.2, 0.25) is 0 Å². The molecule has 58 heavy (non-hydrogen) atoms. The van der Waals surface area contributed by atoms with Gasteiger partial charge in [-0.05, 0) is 183 Å². The smallest absolute Gasteiger partial charge is 0.115 e. The topological polar surface area (TPSA) is 35.5 Å². The Morgan fingerprint density at radius 3 is 1.36 bits per heavy atom. The summed E-state index contributed by atoms with van der Waals surface area (Å²) in [7, 11) is -2.11. The second kappa shape index (κ2) is 17.2. The van der Waals surface area contributed by atoms with Crippen LogP contribution in [0.25, 0.3) is 0 Å². The van der Waals surface area contributed by atoms with Crippen LogP contribution < -0.4 is 0 Å². The molecule has 0 aliphatic heterocycles. The summed E-state index contributed by atoms with van der Waals surface area (Å²) in [6.45, 7) is 25.4. The minimum absolute atomic E-state index is 0.0316. The van der Waals surface area contributed by atoms with Gasteiger partial charge in [-0.15, -0.1) is 9.05 Å². The minimum atomic E-state index is -2.11. The van der Waals surface area contributed by atoms with Crippen LogP contribution in [0.3, 0.4) is 0 Å². The van der Waals surface area contributed by atoms with Gasteiger partial charge in [-0.1, -0.05) is 131 Å². The molecule has 0 spiro atoms. The second-order valence-electron chi connectivity index (χ2n) is 24.7. The first-order chi connectivity index (χ1) is 27.6. The Kier molecular flexibility index (Phi) is 13.1. The van der Waals surface area contributed by atoms with Gasteiger partial charge < -0.3 is 0 Å². The molecule has 6 saturated carbocycles. The van der Waals surface area contributed by atoms with E-state index in [2.05, 4.69) is 81.4 Å². The van der Waals surface area contributed by atoms with E-state index in [1.165, 1.54) is 116 Å². The Bertz CT molecular complexity index is 1420.